The van der Waals surface area contributed by atoms with Gasteiger partial charge in [0.25, 0.3) is 0 Å². The average molecular weight is 481 g/mol. The van der Waals surface area contributed by atoms with Crippen molar-refractivity contribution in [1.29, 1.82) is 0 Å². The summed E-state index contributed by atoms with van der Waals surface area (Å²) in [4.78, 5) is 38.7. The maximum Gasteiger partial charge on any atom is 0.410 e. The van der Waals surface area contributed by atoms with E-state index in [-0.39, 0.29) is 19.1 Å². The number of hydrogen-bond donors (Lipinski definition) is 2. The van der Waals surface area contributed by atoms with Crippen LogP contribution in [-0.4, -0.2) is 59.5 Å². The zero-order valence-electron chi connectivity index (χ0n) is 20.3. The summed E-state index contributed by atoms with van der Waals surface area (Å²) in [5.41, 5.74) is 3.75. The molecule has 1 aliphatic heterocycles. The van der Waals surface area contributed by atoms with Crippen LogP contribution in [-0.2, 0) is 14.3 Å². The zero-order chi connectivity index (χ0) is 25.2. The Labute approximate surface area is 205 Å². The molecule has 2 aromatic rings. The second-order valence-electron chi connectivity index (χ2n) is 10.1. The fourth-order valence-electron chi connectivity index (χ4n) is 4.92. The molecule has 0 saturated carbocycles. The second-order valence-corrected chi connectivity index (χ2v) is 10.1. The molecular weight excluding hydrogens is 448 g/mol. The number of carbonyl (C=O) groups is 3. The maximum absolute atomic E-state index is 12.7. The van der Waals surface area contributed by atoms with E-state index in [1.807, 2.05) is 48.5 Å². The van der Waals surface area contributed by atoms with E-state index < -0.39 is 35.7 Å². The molecule has 0 radical (unpaired) electrons. The highest BCUT2D eigenvalue weighted by Crippen LogP contribution is 2.44. The summed E-state index contributed by atoms with van der Waals surface area (Å²) in [6, 6.07) is 14.8. The number of alkyl carbamates (subject to hydrolysis) is 1. The molecule has 1 saturated heterocycles. The lowest BCUT2D eigenvalue weighted by Crippen LogP contribution is -2.53. The van der Waals surface area contributed by atoms with Crippen LogP contribution in [0.5, 0.6) is 0 Å². The first-order valence-corrected chi connectivity index (χ1v) is 12.0. The number of nitrogens with one attached hydrogen (secondary N) is 1. The average Bonchev–Trinajstić information content (AvgIpc) is 3.14. The van der Waals surface area contributed by atoms with Crippen molar-refractivity contribution in [2.24, 2.45) is 5.92 Å². The van der Waals surface area contributed by atoms with Gasteiger partial charge in [-0.3, -0.25) is 0 Å². The summed E-state index contributed by atoms with van der Waals surface area (Å²) >= 11 is 0. The predicted molar refractivity (Wildman–Crippen MR) is 130 cm³/mol. The number of amides is 2. The first-order chi connectivity index (χ1) is 16.6. The SMILES string of the molecule is CC(C)(C)OC(=O)N1CCC[C@H]([C@@H](NC(=O)OCC2c3ccccc3-c3ccccc32)C(=O)O)C1. The van der Waals surface area contributed by atoms with E-state index in [1.54, 1.807) is 20.8 Å². The van der Waals surface area contributed by atoms with Crippen molar-refractivity contribution in [1.82, 2.24) is 10.2 Å². The first kappa shape index (κ1) is 24.6. The third-order valence-electron chi connectivity index (χ3n) is 6.46. The summed E-state index contributed by atoms with van der Waals surface area (Å²) in [7, 11) is 0. The van der Waals surface area contributed by atoms with Crippen molar-refractivity contribution in [2.45, 2.75) is 51.2 Å². The molecule has 186 valence electrons. The van der Waals surface area contributed by atoms with Crippen molar-refractivity contribution in [3.8, 4) is 11.1 Å². The topological polar surface area (TPSA) is 105 Å². The Bertz CT molecular complexity index is 1060. The Morgan fingerprint density at radius 3 is 2.23 bits per heavy atom. The monoisotopic (exact) mass is 480 g/mol. The Morgan fingerprint density at radius 2 is 1.66 bits per heavy atom. The molecule has 1 heterocycles. The number of carboxylic acids is 1. The van der Waals surface area contributed by atoms with Crippen LogP contribution < -0.4 is 5.32 Å². The van der Waals surface area contributed by atoms with Gasteiger partial charge < -0.3 is 24.8 Å². The van der Waals surface area contributed by atoms with Gasteiger partial charge in [0.05, 0.1) is 0 Å². The summed E-state index contributed by atoms with van der Waals surface area (Å²) in [5.74, 6) is -1.72. The van der Waals surface area contributed by atoms with Crippen LogP contribution in [0.3, 0.4) is 0 Å². The summed E-state index contributed by atoms with van der Waals surface area (Å²) in [5, 5.41) is 12.3. The van der Waals surface area contributed by atoms with Crippen molar-refractivity contribution in [3.05, 3.63) is 59.7 Å². The highest BCUT2D eigenvalue weighted by Gasteiger charge is 2.37. The van der Waals surface area contributed by atoms with Gasteiger partial charge in [-0.05, 0) is 55.9 Å². The highest BCUT2D eigenvalue weighted by atomic mass is 16.6. The third-order valence-corrected chi connectivity index (χ3v) is 6.46. The number of rotatable bonds is 5. The van der Waals surface area contributed by atoms with Gasteiger partial charge in [0.15, 0.2) is 0 Å². The van der Waals surface area contributed by atoms with Gasteiger partial charge >= 0.3 is 18.2 Å². The van der Waals surface area contributed by atoms with E-state index in [1.165, 1.54) is 4.90 Å². The Hall–Kier alpha value is -3.55. The number of fused-ring (bicyclic) bond motifs is 3. The number of carboxylic acid groups (broad SMARTS) is 1. The highest BCUT2D eigenvalue weighted by molar-refractivity contribution is 5.81. The van der Waals surface area contributed by atoms with E-state index in [0.717, 1.165) is 22.3 Å². The quantitative estimate of drug-likeness (QED) is 0.647. The molecule has 0 aromatic heterocycles. The number of ether oxygens (including phenoxy) is 2. The number of hydrogen-bond acceptors (Lipinski definition) is 5. The lowest BCUT2D eigenvalue weighted by Gasteiger charge is -2.36. The van der Waals surface area contributed by atoms with E-state index in [9.17, 15) is 19.5 Å². The molecule has 2 aromatic carbocycles. The lowest BCUT2D eigenvalue weighted by molar-refractivity contribution is -0.141. The fourth-order valence-corrected chi connectivity index (χ4v) is 4.92. The van der Waals surface area contributed by atoms with Crippen LogP contribution in [0.2, 0.25) is 0 Å². The minimum atomic E-state index is -1.17. The summed E-state index contributed by atoms with van der Waals surface area (Å²) in [6.07, 6.45) is -0.0684. The molecule has 35 heavy (non-hydrogen) atoms. The molecule has 2 atom stereocenters. The molecular formula is C27H32N2O6. The molecule has 0 unspecified atom stereocenters. The number of carbonyl (C=O) groups excluding carboxylic acids is 2. The van der Waals surface area contributed by atoms with Gasteiger partial charge in [-0.2, -0.15) is 0 Å². The van der Waals surface area contributed by atoms with Gasteiger partial charge in [-0.25, -0.2) is 14.4 Å². The van der Waals surface area contributed by atoms with Crippen molar-refractivity contribution < 1.29 is 29.0 Å². The van der Waals surface area contributed by atoms with Crippen LogP contribution in [0.1, 0.15) is 50.7 Å². The van der Waals surface area contributed by atoms with Crippen LogP contribution >= 0.6 is 0 Å². The third kappa shape index (κ3) is 5.58. The number of benzene rings is 2. The normalized spacial score (nSPS) is 18.3. The van der Waals surface area contributed by atoms with Crippen LogP contribution in [0.25, 0.3) is 11.1 Å². The minimum Gasteiger partial charge on any atom is -0.480 e. The molecule has 8 nitrogen and oxygen atoms in total. The molecule has 2 amide bonds. The molecule has 4 rings (SSSR count). The van der Waals surface area contributed by atoms with E-state index >= 15 is 0 Å². The van der Waals surface area contributed by atoms with Gasteiger partial charge in [0.2, 0.25) is 0 Å². The molecule has 1 aliphatic carbocycles. The minimum absolute atomic E-state index is 0.0981. The number of likely N-dealkylation sites (tertiary alicyclic amines) is 1. The number of piperidine rings is 1. The van der Waals surface area contributed by atoms with Gasteiger partial charge in [-0.1, -0.05) is 48.5 Å². The van der Waals surface area contributed by atoms with Gasteiger partial charge in [-0.15, -0.1) is 0 Å². The van der Waals surface area contributed by atoms with Crippen LogP contribution in [0.4, 0.5) is 9.59 Å². The standard InChI is InChI=1S/C27H32N2O6/c1-27(2,3)35-26(33)29-14-8-9-17(15-29)23(24(30)31)28-25(32)34-16-22-20-12-6-4-10-18(20)19-11-5-7-13-21(19)22/h4-7,10-13,17,22-23H,8-9,14-16H2,1-3H3,(H,28,32)(H,30,31)/t17-,23+/m0/s1. The smallest absolute Gasteiger partial charge is 0.410 e. The Balaban J connectivity index is 1.39. The van der Waals surface area contributed by atoms with Crippen LogP contribution in [0.15, 0.2) is 48.5 Å². The largest absolute Gasteiger partial charge is 0.480 e. The first-order valence-electron chi connectivity index (χ1n) is 12.0. The maximum atomic E-state index is 12.7. The van der Waals surface area contributed by atoms with Crippen molar-refractivity contribution in [3.63, 3.8) is 0 Å². The lowest BCUT2D eigenvalue weighted by atomic mass is 9.91. The Kier molecular flexibility index (Phi) is 7.00. The number of nitrogens with zero attached hydrogens (tertiary/aromatic N) is 1. The van der Waals surface area contributed by atoms with E-state index in [4.69, 9.17) is 9.47 Å². The predicted octanol–water partition coefficient (Wildman–Crippen LogP) is 4.63. The summed E-state index contributed by atoms with van der Waals surface area (Å²) in [6.45, 7) is 6.13. The van der Waals surface area contributed by atoms with Gasteiger partial charge in [0.1, 0.15) is 18.2 Å². The molecule has 0 spiro atoms. The Morgan fingerprint density at radius 1 is 1.06 bits per heavy atom. The number of aliphatic carboxylic acids is 1. The molecule has 2 aliphatic rings. The van der Waals surface area contributed by atoms with Crippen LogP contribution in [0, 0.1) is 5.92 Å². The van der Waals surface area contributed by atoms with E-state index in [0.29, 0.717) is 19.4 Å². The molecule has 0 bridgehead atoms. The molecule has 2 N–H and O–H groups in total. The fraction of sp³-hybridized carbons (Fsp3) is 0.444. The second kappa shape index (κ2) is 9.98. The van der Waals surface area contributed by atoms with Crippen molar-refractivity contribution in [2.75, 3.05) is 19.7 Å². The summed E-state index contributed by atoms with van der Waals surface area (Å²) < 4.78 is 11.0. The molecule has 8 heteroatoms. The van der Waals surface area contributed by atoms with E-state index in [2.05, 4.69) is 5.32 Å². The van der Waals surface area contributed by atoms with Gasteiger partial charge in [0, 0.05) is 24.9 Å². The zero-order valence-corrected chi connectivity index (χ0v) is 20.3. The molecule has 1 fully saturated rings. The van der Waals surface area contributed by atoms with Crippen molar-refractivity contribution >= 4 is 18.2 Å².